The molecule has 1 aliphatic heterocycles. The Morgan fingerprint density at radius 2 is 1.96 bits per heavy atom. The molecule has 3 amide bonds. The molecule has 1 saturated heterocycles. The normalized spacial score (nSPS) is 19.0. The van der Waals surface area contributed by atoms with E-state index in [9.17, 15) is 24.1 Å². The zero-order valence-electron chi connectivity index (χ0n) is 13.9. The Morgan fingerprint density at radius 3 is 2.67 bits per heavy atom. The third-order valence-electron chi connectivity index (χ3n) is 4.12. The summed E-state index contributed by atoms with van der Waals surface area (Å²) >= 11 is 0. The molecular weight excluding hydrogens is 355 g/mol. The fourth-order valence-corrected chi connectivity index (χ4v) is 2.90. The lowest BCUT2D eigenvalue weighted by atomic mass is 9.88. The topological polar surface area (TPSA) is 113 Å². The maximum absolute atomic E-state index is 14.2. The van der Waals surface area contributed by atoms with Crippen LogP contribution in [0.1, 0.15) is 11.6 Å². The first kappa shape index (κ1) is 18.1. The zero-order chi connectivity index (χ0) is 19.6. The quantitative estimate of drug-likeness (QED) is 0.567. The average Bonchev–Trinajstić information content (AvgIpc) is 2.61. The van der Waals surface area contributed by atoms with Gasteiger partial charge in [0.25, 0.3) is 5.69 Å². The van der Waals surface area contributed by atoms with Crippen LogP contribution in [0.15, 0.2) is 60.8 Å². The van der Waals surface area contributed by atoms with E-state index in [0.717, 1.165) is 0 Å². The van der Waals surface area contributed by atoms with Gasteiger partial charge in [0.05, 0.1) is 11.0 Å². The predicted molar refractivity (Wildman–Crippen MR) is 95.2 cm³/mol. The van der Waals surface area contributed by atoms with Crippen molar-refractivity contribution in [1.82, 2.24) is 10.6 Å². The maximum Gasteiger partial charge on any atom is 0.319 e. The van der Waals surface area contributed by atoms with E-state index in [1.54, 1.807) is 6.07 Å². The fourth-order valence-electron chi connectivity index (χ4n) is 2.90. The third-order valence-corrected chi connectivity index (χ3v) is 4.12. The van der Waals surface area contributed by atoms with E-state index in [0.29, 0.717) is 0 Å². The Kier molecular flexibility index (Phi) is 4.84. The number of non-ortho nitro benzene ring substituents is 1. The molecule has 138 valence electrons. The van der Waals surface area contributed by atoms with Crippen LogP contribution in [0.5, 0.6) is 0 Å². The van der Waals surface area contributed by atoms with Gasteiger partial charge >= 0.3 is 6.03 Å². The van der Waals surface area contributed by atoms with Crippen LogP contribution in [0.2, 0.25) is 0 Å². The highest BCUT2D eigenvalue weighted by atomic mass is 19.1. The van der Waals surface area contributed by atoms with Crippen molar-refractivity contribution in [2.75, 3.05) is 5.32 Å². The van der Waals surface area contributed by atoms with Crippen LogP contribution in [0, 0.1) is 21.8 Å². The number of carbonyl (C=O) groups is 2. The summed E-state index contributed by atoms with van der Waals surface area (Å²) < 4.78 is 14.2. The average molecular weight is 370 g/mol. The molecule has 1 heterocycles. The monoisotopic (exact) mass is 370 g/mol. The van der Waals surface area contributed by atoms with Gasteiger partial charge in [-0.3, -0.25) is 14.9 Å². The number of nitro groups is 1. The number of amides is 3. The van der Waals surface area contributed by atoms with Crippen molar-refractivity contribution in [3.63, 3.8) is 0 Å². The molecule has 8 nitrogen and oxygen atoms in total. The summed E-state index contributed by atoms with van der Waals surface area (Å²) in [7, 11) is 0. The van der Waals surface area contributed by atoms with Gasteiger partial charge in [-0.25, -0.2) is 9.18 Å². The van der Waals surface area contributed by atoms with Crippen LogP contribution >= 0.6 is 0 Å². The maximum atomic E-state index is 14.2. The number of anilines is 1. The second-order valence-corrected chi connectivity index (χ2v) is 5.90. The molecule has 0 spiro atoms. The summed E-state index contributed by atoms with van der Waals surface area (Å²) in [5.74, 6) is -2.20. The summed E-state index contributed by atoms with van der Waals surface area (Å²) in [6.07, 6.45) is 0. The van der Waals surface area contributed by atoms with Crippen molar-refractivity contribution < 1.29 is 18.9 Å². The molecule has 1 aliphatic rings. The van der Waals surface area contributed by atoms with Crippen LogP contribution in [-0.4, -0.2) is 16.9 Å². The molecule has 9 heteroatoms. The van der Waals surface area contributed by atoms with E-state index in [4.69, 9.17) is 0 Å². The summed E-state index contributed by atoms with van der Waals surface area (Å²) in [5, 5.41) is 18.4. The molecule has 3 N–H and O–H groups in total. The zero-order valence-corrected chi connectivity index (χ0v) is 13.9. The van der Waals surface area contributed by atoms with E-state index < -0.39 is 34.6 Å². The Morgan fingerprint density at radius 1 is 1.22 bits per heavy atom. The van der Waals surface area contributed by atoms with Gasteiger partial charge in [-0.05, 0) is 12.1 Å². The lowest BCUT2D eigenvalue weighted by molar-refractivity contribution is -0.384. The lowest BCUT2D eigenvalue weighted by Gasteiger charge is -2.34. The smallest absolute Gasteiger partial charge is 0.319 e. The molecule has 0 aliphatic carbocycles. The predicted octanol–water partition coefficient (Wildman–Crippen LogP) is 2.86. The number of carbonyl (C=O) groups excluding carboxylic acids is 2. The third kappa shape index (κ3) is 3.76. The molecule has 27 heavy (non-hydrogen) atoms. The van der Waals surface area contributed by atoms with E-state index in [1.165, 1.54) is 42.5 Å². The SMILES string of the molecule is C=C1NC(=O)N[C@@H](c2ccccc2F)[C@@H]1C(=O)Nc1cccc([N+](=O)[O-])c1. The van der Waals surface area contributed by atoms with Gasteiger partial charge in [0.2, 0.25) is 5.91 Å². The first-order valence-corrected chi connectivity index (χ1v) is 7.93. The van der Waals surface area contributed by atoms with Crippen LogP contribution in [0.3, 0.4) is 0 Å². The summed E-state index contributed by atoms with van der Waals surface area (Å²) in [6, 6.07) is 9.60. The number of nitrogens with one attached hydrogen (secondary N) is 3. The van der Waals surface area contributed by atoms with Gasteiger partial charge in [0.1, 0.15) is 11.7 Å². The van der Waals surface area contributed by atoms with Crippen molar-refractivity contribution in [2.24, 2.45) is 5.92 Å². The molecule has 1 fully saturated rings. The van der Waals surface area contributed by atoms with Crippen molar-refractivity contribution in [3.8, 4) is 0 Å². The summed E-state index contributed by atoms with van der Waals surface area (Å²) in [5.41, 5.74) is 0.237. The minimum atomic E-state index is -1.03. The largest absolute Gasteiger partial charge is 0.330 e. The van der Waals surface area contributed by atoms with Crippen LogP contribution in [0.4, 0.5) is 20.6 Å². The summed E-state index contributed by atoms with van der Waals surface area (Å²) in [4.78, 5) is 34.9. The Labute approximate surface area is 153 Å². The molecule has 0 unspecified atom stereocenters. The summed E-state index contributed by atoms with van der Waals surface area (Å²) in [6.45, 7) is 3.70. The standard InChI is InChI=1S/C18H15FN4O4/c1-10-15(17(24)21-11-5-4-6-12(9-11)23(26)27)16(22-18(25)20-10)13-7-2-3-8-14(13)19/h2-9,15-16H,1H2,(H,21,24)(H2,20,22,25)/t15-,16+/m1/s1. The molecule has 0 saturated carbocycles. The van der Waals surface area contributed by atoms with E-state index in [-0.39, 0.29) is 22.6 Å². The highest BCUT2D eigenvalue weighted by Gasteiger charge is 2.39. The number of nitro benzene ring substituents is 1. The van der Waals surface area contributed by atoms with Gasteiger partial charge in [0.15, 0.2) is 0 Å². The van der Waals surface area contributed by atoms with E-state index in [1.807, 2.05) is 0 Å². The molecule has 2 atom stereocenters. The van der Waals surface area contributed by atoms with Crippen molar-refractivity contribution >= 4 is 23.3 Å². The number of urea groups is 1. The molecule has 0 radical (unpaired) electrons. The molecule has 3 rings (SSSR count). The van der Waals surface area contributed by atoms with Crippen molar-refractivity contribution in [2.45, 2.75) is 6.04 Å². The molecule has 0 bridgehead atoms. The van der Waals surface area contributed by atoms with Gasteiger partial charge in [-0.1, -0.05) is 30.8 Å². The van der Waals surface area contributed by atoms with Crippen LogP contribution in [0.25, 0.3) is 0 Å². The lowest BCUT2D eigenvalue weighted by Crippen LogP contribution is -2.52. The number of hydrogen-bond donors (Lipinski definition) is 3. The molecule has 2 aromatic carbocycles. The number of benzene rings is 2. The first-order chi connectivity index (χ1) is 12.9. The number of halogens is 1. The number of rotatable bonds is 4. The van der Waals surface area contributed by atoms with Crippen LogP contribution < -0.4 is 16.0 Å². The van der Waals surface area contributed by atoms with Gasteiger partial charge in [-0.2, -0.15) is 0 Å². The first-order valence-electron chi connectivity index (χ1n) is 7.93. The molecule has 0 aromatic heterocycles. The number of hydrogen-bond acceptors (Lipinski definition) is 4. The molecular formula is C18H15FN4O4. The molecule has 2 aromatic rings. The Hall–Kier alpha value is -3.75. The Bertz CT molecular complexity index is 946. The van der Waals surface area contributed by atoms with Crippen molar-refractivity contribution in [1.29, 1.82) is 0 Å². The van der Waals surface area contributed by atoms with Gasteiger partial charge in [0, 0.05) is 29.1 Å². The second kappa shape index (κ2) is 7.24. The highest BCUT2D eigenvalue weighted by Crippen LogP contribution is 2.32. The highest BCUT2D eigenvalue weighted by molar-refractivity contribution is 5.97. The fraction of sp³-hybridized carbons (Fsp3) is 0.111. The number of nitrogens with zero attached hydrogens (tertiary/aromatic N) is 1. The minimum Gasteiger partial charge on any atom is -0.330 e. The Balaban J connectivity index is 1.91. The van der Waals surface area contributed by atoms with Gasteiger partial charge in [-0.15, -0.1) is 0 Å². The van der Waals surface area contributed by atoms with Crippen LogP contribution in [-0.2, 0) is 4.79 Å². The van der Waals surface area contributed by atoms with Gasteiger partial charge < -0.3 is 16.0 Å². The van der Waals surface area contributed by atoms with E-state index >= 15 is 0 Å². The second-order valence-electron chi connectivity index (χ2n) is 5.90. The van der Waals surface area contributed by atoms with E-state index in [2.05, 4.69) is 22.5 Å². The van der Waals surface area contributed by atoms with Crippen molar-refractivity contribution in [3.05, 3.63) is 82.3 Å². The minimum absolute atomic E-state index is 0.0925.